The van der Waals surface area contributed by atoms with E-state index in [0.29, 0.717) is 33.0 Å². The van der Waals surface area contributed by atoms with Gasteiger partial charge in [-0.05, 0) is 13.3 Å². The Labute approximate surface area is 188 Å². The fourth-order valence-electron chi connectivity index (χ4n) is 3.59. The van der Waals surface area contributed by atoms with E-state index in [1.807, 2.05) is 0 Å². The van der Waals surface area contributed by atoms with Crippen molar-refractivity contribution in [3.8, 4) is 0 Å². The van der Waals surface area contributed by atoms with Crippen LogP contribution in [0.5, 0.6) is 0 Å². The molecule has 4 nitrogen and oxygen atoms in total. The Morgan fingerprint density at radius 3 is 1.37 bits per heavy atom. The highest BCUT2D eigenvalue weighted by molar-refractivity contribution is 4.55. The van der Waals surface area contributed by atoms with Crippen molar-refractivity contribution in [2.75, 3.05) is 46.8 Å². The molecule has 4 heteroatoms. The molecule has 1 unspecified atom stereocenters. The molecule has 30 heavy (non-hydrogen) atoms. The van der Waals surface area contributed by atoms with Crippen molar-refractivity contribution >= 4 is 0 Å². The number of ether oxygens (including phenoxy) is 4. The van der Waals surface area contributed by atoms with Gasteiger partial charge in [0.15, 0.2) is 0 Å². The van der Waals surface area contributed by atoms with Crippen molar-refractivity contribution in [1.82, 2.24) is 0 Å². The van der Waals surface area contributed by atoms with Gasteiger partial charge in [0.25, 0.3) is 0 Å². The Balaban J connectivity index is 3.18. The third-order valence-electron chi connectivity index (χ3n) is 5.60. The molecule has 0 rings (SSSR count). The van der Waals surface area contributed by atoms with E-state index in [0.717, 1.165) is 13.0 Å². The molecule has 0 aromatic carbocycles. The Morgan fingerprint density at radius 1 is 0.533 bits per heavy atom. The number of unbranched alkanes of at least 4 members (excludes halogenated alkanes) is 15. The van der Waals surface area contributed by atoms with Crippen LogP contribution in [0.4, 0.5) is 0 Å². The summed E-state index contributed by atoms with van der Waals surface area (Å²) in [6.07, 6.45) is 22.3. The number of rotatable bonds is 26. The zero-order valence-electron chi connectivity index (χ0n) is 20.5. The van der Waals surface area contributed by atoms with Crippen LogP contribution in [0.15, 0.2) is 0 Å². The third kappa shape index (κ3) is 24.1. The second kappa shape index (κ2) is 26.9. The maximum absolute atomic E-state index is 5.74. The topological polar surface area (TPSA) is 36.9 Å². The van der Waals surface area contributed by atoms with Gasteiger partial charge in [0.1, 0.15) is 6.10 Å². The monoisotopic (exact) mass is 429 g/mol. The van der Waals surface area contributed by atoms with Gasteiger partial charge in [-0.15, -0.1) is 0 Å². The van der Waals surface area contributed by atoms with Crippen molar-refractivity contribution in [2.45, 2.75) is 116 Å². The van der Waals surface area contributed by atoms with E-state index in [-0.39, 0.29) is 6.10 Å². The Hall–Kier alpha value is -0.160. The van der Waals surface area contributed by atoms with Crippen molar-refractivity contribution < 1.29 is 18.9 Å². The van der Waals surface area contributed by atoms with Crippen LogP contribution in [0, 0.1) is 6.92 Å². The van der Waals surface area contributed by atoms with Gasteiger partial charge in [0.05, 0.1) is 26.4 Å². The van der Waals surface area contributed by atoms with Gasteiger partial charge in [-0.25, -0.2) is 0 Å². The summed E-state index contributed by atoms with van der Waals surface area (Å²) in [5.41, 5.74) is 0. The highest BCUT2D eigenvalue weighted by Crippen LogP contribution is 2.13. The molecule has 0 heterocycles. The van der Waals surface area contributed by atoms with Crippen LogP contribution in [0.25, 0.3) is 0 Å². The lowest BCUT2D eigenvalue weighted by atomic mass is 10.0. The van der Waals surface area contributed by atoms with Gasteiger partial charge < -0.3 is 18.9 Å². The van der Waals surface area contributed by atoms with E-state index in [4.69, 9.17) is 18.9 Å². The fourth-order valence-corrected chi connectivity index (χ4v) is 3.59. The fraction of sp³-hybridized carbons (Fsp3) is 0.962. The van der Waals surface area contributed by atoms with Gasteiger partial charge in [0.2, 0.25) is 0 Å². The molecule has 181 valence electrons. The summed E-state index contributed by atoms with van der Waals surface area (Å²) in [6, 6.07) is 0. The van der Waals surface area contributed by atoms with E-state index in [9.17, 15) is 0 Å². The Morgan fingerprint density at radius 2 is 0.933 bits per heavy atom. The highest BCUT2D eigenvalue weighted by Gasteiger charge is 2.07. The maximum Gasteiger partial charge on any atom is 0.104 e. The minimum absolute atomic E-state index is 0.00538. The van der Waals surface area contributed by atoms with Crippen LogP contribution in [-0.4, -0.2) is 52.9 Å². The quantitative estimate of drug-likeness (QED) is 0.137. The van der Waals surface area contributed by atoms with Crippen LogP contribution in [0.1, 0.15) is 110 Å². The van der Waals surface area contributed by atoms with Crippen molar-refractivity contribution in [1.29, 1.82) is 0 Å². The summed E-state index contributed by atoms with van der Waals surface area (Å²) in [4.78, 5) is 0. The second-order valence-corrected chi connectivity index (χ2v) is 8.42. The second-order valence-electron chi connectivity index (χ2n) is 8.42. The lowest BCUT2D eigenvalue weighted by molar-refractivity contribution is -0.0495. The lowest BCUT2D eigenvalue weighted by Crippen LogP contribution is -2.25. The van der Waals surface area contributed by atoms with Crippen molar-refractivity contribution in [3.63, 3.8) is 0 Å². The SMILES string of the molecule is [CH2]COCCOCC(COCCCCCCCCCCCCCCCCCC)OC. The lowest BCUT2D eigenvalue weighted by Gasteiger charge is -2.15. The van der Waals surface area contributed by atoms with Gasteiger partial charge in [-0.2, -0.15) is 0 Å². The molecule has 0 aromatic rings. The molecule has 0 fully saturated rings. The van der Waals surface area contributed by atoms with Crippen molar-refractivity contribution in [3.05, 3.63) is 6.92 Å². The molecule has 1 atom stereocenters. The van der Waals surface area contributed by atoms with E-state index < -0.39 is 0 Å². The summed E-state index contributed by atoms with van der Waals surface area (Å²) >= 11 is 0. The molecule has 0 amide bonds. The smallest absolute Gasteiger partial charge is 0.104 e. The average molecular weight is 430 g/mol. The van der Waals surface area contributed by atoms with E-state index >= 15 is 0 Å². The van der Waals surface area contributed by atoms with E-state index in [2.05, 4.69) is 13.8 Å². The van der Waals surface area contributed by atoms with E-state index in [1.54, 1.807) is 7.11 Å². The largest absolute Gasteiger partial charge is 0.379 e. The van der Waals surface area contributed by atoms with Gasteiger partial charge in [0, 0.05) is 20.3 Å². The van der Waals surface area contributed by atoms with E-state index in [1.165, 1.54) is 96.3 Å². The first-order valence-electron chi connectivity index (χ1n) is 12.9. The molecule has 1 radical (unpaired) electrons. The summed E-state index contributed by atoms with van der Waals surface area (Å²) in [7, 11) is 1.71. The molecular formula is C26H53O4. The van der Waals surface area contributed by atoms with Crippen LogP contribution in [-0.2, 0) is 18.9 Å². The Bertz CT molecular complexity index is 299. The first-order chi connectivity index (χ1) is 14.8. The molecule has 0 bridgehead atoms. The molecule has 0 spiro atoms. The molecule has 0 aliphatic rings. The summed E-state index contributed by atoms with van der Waals surface area (Å²) in [5.74, 6) is 0. The molecule has 0 aliphatic heterocycles. The Kier molecular flexibility index (Phi) is 26.7. The highest BCUT2D eigenvalue weighted by atomic mass is 16.6. The van der Waals surface area contributed by atoms with Gasteiger partial charge >= 0.3 is 0 Å². The standard InChI is InChI=1S/C26H53O4/c1-4-6-7-8-9-10-11-12-13-14-15-16-17-18-19-20-21-29-24-26(27-3)25-30-23-22-28-5-2/h26H,2,4-25H2,1,3H3. The van der Waals surface area contributed by atoms with Crippen LogP contribution in [0.3, 0.4) is 0 Å². The zero-order chi connectivity index (χ0) is 22.0. The third-order valence-corrected chi connectivity index (χ3v) is 5.60. The van der Waals surface area contributed by atoms with Crippen LogP contribution in [0.2, 0.25) is 0 Å². The number of hydrogen-bond donors (Lipinski definition) is 0. The van der Waals surface area contributed by atoms with Crippen molar-refractivity contribution in [2.24, 2.45) is 0 Å². The normalized spacial score (nSPS) is 12.5. The molecule has 0 N–H and O–H groups in total. The summed E-state index contributed by atoms with van der Waals surface area (Å²) < 4.78 is 21.8. The summed E-state index contributed by atoms with van der Waals surface area (Å²) in [6.45, 7) is 9.53. The van der Waals surface area contributed by atoms with Crippen LogP contribution >= 0.6 is 0 Å². The van der Waals surface area contributed by atoms with Crippen LogP contribution < -0.4 is 0 Å². The predicted octanol–water partition coefficient (Wildman–Crippen LogP) is 7.15. The zero-order valence-corrected chi connectivity index (χ0v) is 20.5. The minimum Gasteiger partial charge on any atom is -0.379 e. The predicted molar refractivity (Wildman–Crippen MR) is 128 cm³/mol. The summed E-state index contributed by atoms with van der Waals surface area (Å²) in [5, 5.41) is 0. The molecule has 0 saturated heterocycles. The van der Waals surface area contributed by atoms with Gasteiger partial charge in [-0.3, -0.25) is 0 Å². The number of methoxy groups -OCH3 is 1. The first kappa shape index (κ1) is 29.8. The minimum atomic E-state index is 0.00538. The van der Waals surface area contributed by atoms with Gasteiger partial charge in [-0.1, -0.05) is 103 Å². The molecule has 0 aromatic heterocycles. The first-order valence-corrected chi connectivity index (χ1v) is 12.9. The number of hydrogen-bond acceptors (Lipinski definition) is 4. The average Bonchev–Trinajstić information content (AvgIpc) is 2.76. The molecule has 0 saturated carbocycles. The molecule has 0 aliphatic carbocycles. The molecular weight excluding hydrogens is 376 g/mol. The maximum atomic E-state index is 5.74.